The van der Waals surface area contributed by atoms with Crippen molar-refractivity contribution >= 4 is 29.3 Å². The van der Waals surface area contributed by atoms with Gasteiger partial charge in [-0.1, -0.05) is 49.4 Å². The van der Waals surface area contributed by atoms with Crippen molar-refractivity contribution in [1.82, 2.24) is 10.2 Å². The second-order valence-corrected chi connectivity index (χ2v) is 7.49. The molecule has 0 saturated carbocycles. The number of carbonyl (C=O) groups excluding carboxylic acids is 3. The Morgan fingerprint density at radius 2 is 1.85 bits per heavy atom. The lowest BCUT2D eigenvalue weighted by atomic mass is 9.91. The van der Waals surface area contributed by atoms with Crippen molar-refractivity contribution in [1.29, 1.82) is 0 Å². The topological polar surface area (TPSA) is 97.0 Å². The van der Waals surface area contributed by atoms with Gasteiger partial charge in [-0.25, -0.2) is 9.59 Å². The molecule has 33 heavy (non-hydrogen) atoms. The normalized spacial score (nSPS) is 15.8. The van der Waals surface area contributed by atoms with Gasteiger partial charge in [-0.15, -0.1) is 0 Å². The van der Waals surface area contributed by atoms with Crippen LogP contribution in [-0.2, 0) is 19.1 Å². The maximum atomic E-state index is 13.2. The van der Waals surface area contributed by atoms with Gasteiger partial charge in [0.2, 0.25) is 5.91 Å². The maximum Gasteiger partial charge on any atom is 0.338 e. The predicted octanol–water partition coefficient (Wildman–Crippen LogP) is 3.72. The zero-order valence-electron chi connectivity index (χ0n) is 19.1. The van der Waals surface area contributed by atoms with Gasteiger partial charge in [0.15, 0.2) is 0 Å². The first-order valence-electron chi connectivity index (χ1n) is 10.9. The second kappa shape index (κ2) is 11.3. The molecule has 8 heteroatoms. The second-order valence-electron chi connectivity index (χ2n) is 7.49. The molecule has 0 fully saturated rings. The fourth-order valence-electron chi connectivity index (χ4n) is 3.80. The molecule has 0 aliphatic carbocycles. The Kier molecular flexibility index (Phi) is 8.21. The van der Waals surface area contributed by atoms with Crippen LogP contribution in [-0.4, -0.2) is 49.7 Å². The van der Waals surface area contributed by atoms with Gasteiger partial charge in [0.1, 0.15) is 6.61 Å². The van der Waals surface area contributed by atoms with Crippen molar-refractivity contribution in [2.24, 2.45) is 0 Å². The van der Waals surface area contributed by atoms with Crippen LogP contribution in [0.15, 0.2) is 60.2 Å². The highest BCUT2D eigenvalue weighted by Crippen LogP contribution is 2.37. The van der Waals surface area contributed by atoms with Crippen molar-refractivity contribution < 1.29 is 23.9 Å². The van der Waals surface area contributed by atoms with Crippen LogP contribution in [0.4, 0.5) is 10.5 Å². The molecule has 0 radical (unpaired) electrons. The number of amides is 3. The van der Waals surface area contributed by atoms with E-state index in [-0.39, 0.29) is 25.2 Å². The number of anilines is 1. The van der Waals surface area contributed by atoms with Crippen molar-refractivity contribution in [2.45, 2.75) is 26.3 Å². The zero-order chi connectivity index (χ0) is 23.8. The van der Waals surface area contributed by atoms with Gasteiger partial charge >= 0.3 is 12.0 Å². The third-order valence-electron chi connectivity index (χ3n) is 5.10. The van der Waals surface area contributed by atoms with E-state index in [0.717, 1.165) is 5.56 Å². The van der Waals surface area contributed by atoms with Crippen LogP contribution in [0.25, 0.3) is 5.70 Å². The molecular weight excluding hydrogens is 422 g/mol. The smallest absolute Gasteiger partial charge is 0.338 e. The summed E-state index contributed by atoms with van der Waals surface area (Å²) in [5, 5.41) is 5.71. The van der Waals surface area contributed by atoms with Gasteiger partial charge in [-0.2, -0.15) is 0 Å². The third-order valence-corrected chi connectivity index (χ3v) is 5.10. The summed E-state index contributed by atoms with van der Waals surface area (Å²) in [6.07, 6.45) is 0.714. The van der Waals surface area contributed by atoms with Gasteiger partial charge in [0.25, 0.3) is 0 Å². The fourth-order valence-corrected chi connectivity index (χ4v) is 3.80. The first kappa shape index (κ1) is 24.0. The molecule has 1 aliphatic heterocycles. The van der Waals surface area contributed by atoms with Crippen molar-refractivity contribution in [3.63, 3.8) is 0 Å². The van der Waals surface area contributed by atoms with E-state index in [4.69, 9.17) is 9.47 Å². The highest BCUT2D eigenvalue weighted by atomic mass is 16.5. The number of esters is 1. The van der Waals surface area contributed by atoms with E-state index in [1.165, 1.54) is 7.11 Å². The number of hydrogen-bond donors (Lipinski definition) is 2. The number of hydrogen-bond acceptors (Lipinski definition) is 5. The molecule has 1 aliphatic rings. The molecular formula is C25H29N3O5. The Hall–Kier alpha value is -3.65. The molecule has 3 rings (SSSR count). The summed E-state index contributed by atoms with van der Waals surface area (Å²) in [6.45, 7) is 4.28. The molecule has 3 amide bonds. The quantitative estimate of drug-likeness (QED) is 0.567. The van der Waals surface area contributed by atoms with Crippen LogP contribution in [0.5, 0.6) is 0 Å². The number of methoxy groups -OCH3 is 1. The number of urea groups is 1. The average molecular weight is 452 g/mol. The first-order chi connectivity index (χ1) is 16.0. The summed E-state index contributed by atoms with van der Waals surface area (Å²) >= 11 is 0. The van der Waals surface area contributed by atoms with Crippen LogP contribution in [0.1, 0.15) is 37.4 Å². The largest absolute Gasteiger partial charge is 0.463 e. The molecule has 1 heterocycles. The Morgan fingerprint density at radius 1 is 1.09 bits per heavy atom. The lowest BCUT2D eigenvalue weighted by Gasteiger charge is -2.37. The van der Waals surface area contributed by atoms with Crippen LogP contribution < -0.4 is 10.6 Å². The monoisotopic (exact) mass is 451 g/mol. The lowest BCUT2D eigenvalue weighted by Crippen LogP contribution is -2.48. The summed E-state index contributed by atoms with van der Waals surface area (Å²) < 4.78 is 10.3. The number of nitrogens with one attached hydrogen (secondary N) is 2. The average Bonchev–Trinajstić information content (AvgIpc) is 2.81. The molecule has 0 spiro atoms. The minimum Gasteiger partial charge on any atom is -0.463 e. The molecule has 174 valence electrons. The van der Waals surface area contributed by atoms with Gasteiger partial charge in [-0.3, -0.25) is 9.69 Å². The van der Waals surface area contributed by atoms with Crippen molar-refractivity contribution in [3.8, 4) is 0 Å². The van der Waals surface area contributed by atoms with E-state index in [1.54, 1.807) is 36.1 Å². The van der Waals surface area contributed by atoms with E-state index < -0.39 is 12.0 Å². The molecule has 8 nitrogen and oxygen atoms in total. The van der Waals surface area contributed by atoms with Crippen LogP contribution in [0.2, 0.25) is 0 Å². The summed E-state index contributed by atoms with van der Waals surface area (Å²) in [4.78, 5) is 39.9. The first-order valence-corrected chi connectivity index (χ1v) is 10.9. The molecule has 0 aromatic heterocycles. The fraction of sp³-hybridized carbons (Fsp3) is 0.320. The number of ether oxygens (including phenoxy) is 2. The van der Waals surface area contributed by atoms with Crippen molar-refractivity contribution in [3.05, 3.63) is 71.3 Å². The number of rotatable bonds is 9. The van der Waals surface area contributed by atoms with Gasteiger partial charge < -0.3 is 20.1 Å². The molecule has 1 atom stereocenters. The van der Waals surface area contributed by atoms with Crippen LogP contribution in [0, 0.1) is 0 Å². The Labute approximate surface area is 193 Å². The number of carbonyl (C=O) groups is 3. The predicted molar refractivity (Wildman–Crippen MR) is 125 cm³/mol. The Morgan fingerprint density at radius 3 is 2.52 bits per heavy atom. The SMILES string of the molecule is CCCN1C(=O)NC(c2cccc(NC(=O)COC)c2)C(C(=O)OCC)=C1c1ccccc1. The number of benzene rings is 2. The summed E-state index contributed by atoms with van der Waals surface area (Å²) in [6, 6.07) is 15.3. The summed E-state index contributed by atoms with van der Waals surface area (Å²) in [5.41, 5.74) is 2.80. The van der Waals surface area contributed by atoms with Gasteiger partial charge in [-0.05, 0) is 36.6 Å². The van der Waals surface area contributed by atoms with Crippen LogP contribution in [0.3, 0.4) is 0 Å². The van der Waals surface area contributed by atoms with Gasteiger partial charge in [0, 0.05) is 19.3 Å². The van der Waals surface area contributed by atoms with E-state index in [1.807, 2.05) is 37.3 Å². The van der Waals surface area contributed by atoms with E-state index in [0.29, 0.717) is 35.5 Å². The Bertz CT molecular complexity index is 1040. The molecule has 2 aromatic rings. The van der Waals surface area contributed by atoms with E-state index in [9.17, 15) is 14.4 Å². The minimum atomic E-state index is -0.751. The third kappa shape index (κ3) is 5.59. The molecule has 0 saturated heterocycles. The van der Waals surface area contributed by atoms with Gasteiger partial charge in [0.05, 0.1) is 23.9 Å². The van der Waals surface area contributed by atoms with E-state index in [2.05, 4.69) is 10.6 Å². The molecule has 0 bridgehead atoms. The standard InChI is InChI=1S/C25H29N3O5/c1-4-14-28-23(17-10-7-6-8-11-17)21(24(30)33-5-2)22(27-25(28)31)18-12-9-13-19(15-18)26-20(29)16-32-3/h6-13,15,22H,4-5,14,16H2,1-3H3,(H,26,29)(H,27,31). The lowest BCUT2D eigenvalue weighted by molar-refractivity contribution is -0.139. The summed E-state index contributed by atoms with van der Waals surface area (Å²) in [5.74, 6) is -0.807. The summed E-state index contributed by atoms with van der Waals surface area (Å²) in [7, 11) is 1.44. The number of nitrogens with zero attached hydrogens (tertiary/aromatic N) is 1. The minimum absolute atomic E-state index is 0.0808. The molecule has 1 unspecified atom stereocenters. The van der Waals surface area contributed by atoms with Crippen molar-refractivity contribution in [2.75, 3.05) is 32.2 Å². The molecule has 2 N–H and O–H groups in total. The molecule has 2 aromatic carbocycles. The van der Waals surface area contributed by atoms with E-state index >= 15 is 0 Å². The zero-order valence-corrected chi connectivity index (χ0v) is 19.1. The highest BCUT2D eigenvalue weighted by Gasteiger charge is 2.38. The Balaban J connectivity index is 2.16. The maximum absolute atomic E-state index is 13.2. The highest BCUT2D eigenvalue weighted by molar-refractivity contribution is 6.04. The van der Waals surface area contributed by atoms with Crippen LogP contribution >= 0.6 is 0 Å².